The molecule has 0 bridgehead atoms. The van der Waals surface area contributed by atoms with Crippen molar-refractivity contribution in [2.24, 2.45) is 0 Å². The summed E-state index contributed by atoms with van der Waals surface area (Å²) in [6.45, 7) is 4.57. The smallest absolute Gasteiger partial charge is 0.265 e. The summed E-state index contributed by atoms with van der Waals surface area (Å²) >= 11 is 10.5. The van der Waals surface area contributed by atoms with Crippen LogP contribution in [0.3, 0.4) is 0 Å². The first-order chi connectivity index (χ1) is 7.07. The zero-order valence-corrected chi connectivity index (χ0v) is 11.8. The van der Waals surface area contributed by atoms with Crippen molar-refractivity contribution in [1.82, 2.24) is 4.90 Å². The highest BCUT2D eigenvalue weighted by Crippen LogP contribution is 2.24. The van der Waals surface area contributed by atoms with Crippen molar-refractivity contribution in [3.8, 4) is 0 Å². The van der Waals surface area contributed by atoms with Crippen molar-refractivity contribution in [1.29, 1.82) is 0 Å². The Morgan fingerprint density at radius 1 is 1.67 bits per heavy atom. The molecule has 0 aliphatic heterocycles. The lowest BCUT2D eigenvalue weighted by molar-refractivity contribution is 0.0722. The molecule has 0 saturated heterocycles. The number of hydrogen-bond donors (Lipinski definition) is 0. The third kappa shape index (κ3) is 3.20. The fourth-order valence-corrected chi connectivity index (χ4v) is 2.94. The average Bonchev–Trinajstić information content (AvgIpc) is 2.59. The zero-order chi connectivity index (χ0) is 11.4. The Bertz CT molecular complexity index is 340. The normalized spacial score (nSPS) is 10.7. The molecule has 1 aromatic heterocycles. The number of amides is 1. The van der Waals surface area contributed by atoms with Gasteiger partial charge in [-0.25, -0.2) is 0 Å². The standard InChI is InChI=1S/C10H13BrClNOS/c1-7(2)13(5-4-12)10(14)9-8(11)3-6-15-9/h3,6-7H,4-5H2,1-2H3. The fraction of sp³-hybridized carbons (Fsp3) is 0.500. The van der Waals surface area contributed by atoms with Crippen LogP contribution in [0.1, 0.15) is 23.5 Å². The molecule has 2 nitrogen and oxygen atoms in total. The van der Waals surface area contributed by atoms with E-state index in [-0.39, 0.29) is 11.9 Å². The van der Waals surface area contributed by atoms with Crippen LogP contribution < -0.4 is 0 Å². The van der Waals surface area contributed by atoms with Crippen LogP contribution in [0.15, 0.2) is 15.9 Å². The minimum Gasteiger partial charge on any atom is -0.334 e. The lowest BCUT2D eigenvalue weighted by atomic mass is 10.3. The second-order valence-corrected chi connectivity index (χ2v) is 5.53. The Kier molecular flexibility index (Phi) is 5.09. The van der Waals surface area contributed by atoms with E-state index in [4.69, 9.17) is 11.6 Å². The van der Waals surface area contributed by atoms with Gasteiger partial charge >= 0.3 is 0 Å². The van der Waals surface area contributed by atoms with Crippen LogP contribution in [-0.2, 0) is 0 Å². The van der Waals surface area contributed by atoms with Gasteiger partial charge in [0.05, 0.1) is 0 Å². The summed E-state index contributed by atoms with van der Waals surface area (Å²) < 4.78 is 0.859. The second-order valence-electron chi connectivity index (χ2n) is 3.38. The van der Waals surface area contributed by atoms with Gasteiger partial charge in [-0.15, -0.1) is 22.9 Å². The Hall–Kier alpha value is -0.0600. The maximum atomic E-state index is 12.1. The number of carbonyl (C=O) groups excluding carboxylic acids is 1. The first kappa shape index (κ1) is 13.0. The number of carbonyl (C=O) groups is 1. The largest absolute Gasteiger partial charge is 0.334 e. The Morgan fingerprint density at radius 3 is 2.73 bits per heavy atom. The van der Waals surface area contributed by atoms with E-state index in [1.165, 1.54) is 11.3 Å². The molecule has 0 aromatic carbocycles. The van der Waals surface area contributed by atoms with Gasteiger partial charge in [-0.1, -0.05) is 0 Å². The van der Waals surface area contributed by atoms with Gasteiger partial charge in [-0.2, -0.15) is 0 Å². The van der Waals surface area contributed by atoms with Crippen LogP contribution in [0.5, 0.6) is 0 Å². The molecule has 0 unspecified atom stereocenters. The van der Waals surface area contributed by atoms with E-state index in [1.807, 2.05) is 25.3 Å². The molecule has 1 aromatic rings. The van der Waals surface area contributed by atoms with Gasteiger partial charge < -0.3 is 4.90 Å². The molecule has 1 rings (SSSR count). The third-order valence-electron chi connectivity index (χ3n) is 2.02. The van der Waals surface area contributed by atoms with Gasteiger partial charge in [0.25, 0.3) is 5.91 Å². The molecule has 0 fully saturated rings. The zero-order valence-electron chi connectivity index (χ0n) is 8.67. The quantitative estimate of drug-likeness (QED) is 0.778. The number of alkyl halides is 1. The van der Waals surface area contributed by atoms with Crippen LogP contribution in [-0.4, -0.2) is 29.3 Å². The molecule has 0 atom stereocenters. The molecule has 1 heterocycles. The van der Waals surface area contributed by atoms with Crippen LogP contribution in [0.4, 0.5) is 0 Å². The van der Waals surface area contributed by atoms with Crippen LogP contribution in [0, 0.1) is 0 Å². The molecule has 0 spiro atoms. The van der Waals surface area contributed by atoms with E-state index in [9.17, 15) is 4.79 Å². The first-order valence-corrected chi connectivity index (χ1v) is 6.88. The van der Waals surface area contributed by atoms with Crippen LogP contribution in [0.25, 0.3) is 0 Å². The summed E-state index contributed by atoms with van der Waals surface area (Å²) in [5.74, 6) is 0.514. The molecule has 15 heavy (non-hydrogen) atoms. The number of hydrogen-bond acceptors (Lipinski definition) is 2. The molecular weight excluding hydrogens is 298 g/mol. The van der Waals surface area contributed by atoms with E-state index in [0.717, 1.165) is 9.35 Å². The third-order valence-corrected chi connectivity index (χ3v) is 4.02. The molecule has 0 radical (unpaired) electrons. The number of halogens is 2. The number of rotatable bonds is 4. The van der Waals surface area contributed by atoms with E-state index in [2.05, 4.69) is 15.9 Å². The lowest BCUT2D eigenvalue weighted by Crippen LogP contribution is -2.38. The SMILES string of the molecule is CC(C)N(CCCl)C(=O)c1sccc1Br. The van der Waals surface area contributed by atoms with Crippen molar-refractivity contribution >= 4 is 44.8 Å². The van der Waals surface area contributed by atoms with Crippen LogP contribution >= 0.6 is 38.9 Å². The van der Waals surface area contributed by atoms with Crippen molar-refractivity contribution < 1.29 is 4.79 Å². The van der Waals surface area contributed by atoms with E-state index >= 15 is 0 Å². The molecule has 0 aliphatic carbocycles. The Labute approximate surface area is 107 Å². The highest BCUT2D eigenvalue weighted by atomic mass is 79.9. The summed E-state index contributed by atoms with van der Waals surface area (Å²) in [5, 5.41) is 1.90. The summed E-state index contributed by atoms with van der Waals surface area (Å²) in [6, 6.07) is 2.06. The Morgan fingerprint density at radius 2 is 2.33 bits per heavy atom. The van der Waals surface area contributed by atoms with Gasteiger partial charge in [0, 0.05) is 22.9 Å². The van der Waals surface area contributed by atoms with Crippen molar-refractivity contribution in [3.05, 3.63) is 20.8 Å². The summed E-state index contributed by atoms with van der Waals surface area (Å²) in [6.07, 6.45) is 0. The van der Waals surface area contributed by atoms with E-state index < -0.39 is 0 Å². The summed E-state index contributed by atoms with van der Waals surface area (Å²) in [7, 11) is 0. The summed E-state index contributed by atoms with van der Waals surface area (Å²) in [5.41, 5.74) is 0. The van der Waals surface area contributed by atoms with E-state index in [1.54, 1.807) is 4.90 Å². The van der Waals surface area contributed by atoms with Crippen molar-refractivity contribution in [2.45, 2.75) is 19.9 Å². The average molecular weight is 311 g/mol. The molecule has 0 N–H and O–H groups in total. The lowest BCUT2D eigenvalue weighted by Gasteiger charge is -2.25. The molecule has 84 valence electrons. The molecule has 1 amide bonds. The number of nitrogens with zero attached hydrogens (tertiary/aromatic N) is 1. The van der Waals surface area contributed by atoms with Crippen molar-refractivity contribution in [3.63, 3.8) is 0 Å². The van der Waals surface area contributed by atoms with Gasteiger partial charge in [-0.05, 0) is 41.2 Å². The van der Waals surface area contributed by atoms with Crippen molar-refractivity contribution in [2.75, 3.05) is 12.4 Å². The van der Waals surface area contributed by atoms with E-state index in [0.29, 0.717) is 12.4 Å². The van der Waals surface area contributed by atoms with Crippen LogP contribution in [0.2, 0.25) is 0 Å². The predicted molar refractivity (Wildman–Crippen MR) is 68.9 cm³/mol. The van der Waals surface area contributed by atoms with Gasteiger partial charge in [0.15, 0.2) is 0 Å². The predicted octanol–water partition coefficient (Wildman–Crippen LogP) is 3.60. The van der Waals surface area contributed by atoms with Gasteiger partial charge in [-0.3, -0.25) is 4.79 Å². The molecule has 5 heteroatoms. The number of thiophene rings is 1. The maximum absolute atomic E-state index is 12.1. The summed E-state index contributed by atoms with van der Waals surface area (Å²) in [4.78, 5) is 14.6. The molecular formula is C10H13BrClNOS. The monoisotopic (exact) mass is 309 g/mol. The topological polar surface area (TPSA) is 20.3 Å². The van der Waals surface area contributed by atoms with Gasteiger partial charge in [0.1, 0.15) is 4.88 Å². The highest BCUT2D eigenvalue weighted by molar-refractivity contribution is 9.10. The highest BCUT2D eigenvalue weighted by Gasteiger charge is 2.21. The maximum Gasteiger partial charge on any atom is 0.265 e. The molecule has 0 aliphatic rings. The Balaban J connectivity index is 2.86. The minimum atomic E-state index is 0.0486. The minimum absolute atomic E-state index is 0.0486. The molecule has 0 saturated carbocycles. The second kappa shape index (κ2) is 5.87. The van der Waals surface area contributed by atoms with Gasteiger partial charge in [0.2, 0.25) is 0 Å². The first-order valence-electron chi connectivity index (χ1n) is 4.67. The fourth-order valence-electron chi connectivity index (χ4n) is 1.26.